The van der Waals surface area contributed by atoms with Crippen LogP contribution in [0.15, 0.2) is 18.3 Å². The molecule has 0 radical (unpaired) electrons. The third kappa shape index (κ3) is 4.69. The van der Waals surface area contributed by atoms with Crippen LogP contribution in [0.25, 0.3) is 0 Å². The highest BCUT2D eigenvalue weighted by Gasteiger charge is 2.32. The zero-order valence-electron chi connectivity index (χ0n) is 16.0. The quantitative estimate of drug-likeness (QED) is 0.900. The van der Waals surface area contributed by atoms with E-state index in [2.05, 4.69) is 42.9 Å². The predicted octanol–water partition coefficient (Wildman–Crippen LogP) is 2.63. The summed E-state index contributed by atoms with van der Waals surface area (Å²) in [6.07, 6.45) is 2.98. The van der Waals surface area contributed by atoms with Gasteiger partial charge in [0, 0.05) is 51.0 Å². The fourth-order valence-corrected chi connectivity index (χ4v) is 3.47. The van der Waals surface area contributed by atoms with E-state index in [4.69, 9.17) is 0 Å². The van der Waals surface area contributed by atoms with Gasteiger partial charge in [-0.2, -0.15) is 0 Å². The Morgan fingerprint density at radius 3 is 2.54 bits per heavy atom. The summed E-state index contributed by atoms with van der Waals surface area (Å²) in [7, 11) is 3.84. The van der Waals surface area contributed by atoms with Gasteiger partial charge in [0.05, 0.1) is 0 Å². The number of carbonyl (C=O) groups is 1. The number of pyridine rings is 1. The Balaban J connectivity index is 1.98. The van der Waals surface area contributed by atoms with Gasteiger partial charge in [0.2, 0.25) is 0 Å². The molecule has 5 nitrogen and oxygen atoms in total. The number of nitrogens with one attached hydrogen (secondary N) is 1. The van der Waals surface area contributed by atoms with Crippen molar-refractivity contribution in [1.29, 1.82) is 0 Å². The molecule has 2 unspecified atom stereocenters. The molecule has 1 N–H and O–H groups in total. The summed E-state index contributed by atoms with van der Waals surface area (Å²) in [5.74, 6) is 2.19. The first-order valence-electron chi connectivity index (χ1n) is 8.85. The van der Waals surface area contributed by atoms with Crippen LogP contribution in [-0.4, -0.2) is 55.1 Å². The van der Waals surface area contributed by atoms with Gasteiger partial charge in [0.15, 0.2) is 0 Å². The van der Waals surface area contributed by atoms with Gasteiger partial charge in [-0.05, 0) is 44.2 Å². The van der Waals surface area contributed by atoms with Crippen molar-refractivity contribution in [1.82, 2.24) is 15.2 Å². The summed E-state index contributed by atoms with van der Waals surface area (Å²) in [6, 6.07) is 3.59. The molecular formula is C19H32N4O. The average molecular weight is 332 g/mol. The number of hydrogen-bond donors (Lipinski definition) is 1. The van der Waals surface area contributed by atoms with Crippen LogP contribution < -0.4 is 10.2 Å². The lowest BCUT2D eigenvalue weighted by molar-refractivity contribution is 0.0445. The summed E-state index contributed by atoms with van der Waals surface area (Å²) in [5.41, 5.74) is 0.612. The molecule has 134 valence electrons. The second kappa shape index (κ2) is 7.51. The lowest BCUT2D eigenvalue weighted by atomic mass is 9.88. The third-order valence-electron chi connectivity index (χ3n) is 4.87. The first-order valence-corrected chi connectivity index (χ1v) is 8.85. The van der Waals surface area contributed by atoms with Crippen LogP contribution in [0, 0.1) is 11.8 Å². The van der Waals surface area contributed by atoms with E-state index >= 15 is 0 Å². The van der Waals surface area contributed by atoms with E-state index in [1.165, 1.54) is 6.42 Å². The van der Waals surface area contributed by atoms with Gasteiger partial charge < -0.3 is 10.2 Å². The minimum atomic E-state index is -0.0456. The Hall–Kier alpha value is -1.62. The molecule has 0 bridgehead atoms. The van der Waals surface area contributed by atoms with Crippen molar-refractivity contribution in [2.45, 2.75) is 39.7 Å². The van der Waals surface area contributed by atoms with Crippen LogP contribution in [0.1, 0.15) is 44.5 Å². The topological polar surface area (TPSA) is 48.5 Å². The average Bonchev–Trinajstić information content (AvgIpc) is 2.52. The van der Waals surface area contributed by atoms with Crippen LogP contribution in [0.4, 0.5) is 5.82 Å². The molecule has 0 saturated carbocycles. The highest BCUT2D eigenvalue weighted by molar-refractivity contribution is 5.94. The number of piperidine rings is 1. The molecular weight excluding hydrogens is 300 g/mol. The molecule has 1 aromatic rings. The van der Waals surface area contributed by atoms with E-state index in [0.717, 1.165) is 18.9 Å². The monoisotopic (exact) mass is 332 g/mol. The fourth-order valence-electron chi connectivity index (χ4n) is 3.47. The summed E-state index contributed by atoms with van der Waals surface area (Å²) in [6.45, 7) is 11.9. The SMILES string of the molecule is CC1CC(C)CN(C(C)(C)CNC(=O)c2ccnc(N(C)C)c2)C1. The van der Waals surface area contributed by atoms with Gasteiger partial charge in [-0.1, -0.05) is 13.8 Å². The number of anilines is 1. The number of carbonyl (C=O) groups excluding carboxylic acids is 1. The van der Waals surface area contributed by atoms with Crippen molar-refractivity contribution in [3.8, 4) is 0 Å². The summed E-state index contributed by atoms with van der Waals surface area (Å²) in [4.78, 5) is 21.2. The maximum Gasteiger partial charge on any atom is 0.251 e. The fraction of sp³-hybridized carbons (Fsp3) is 0.684. The molecule has 1 aliphatic heterocycles. The number of hydrogen-bond acceptors (Lipinski definition) is 4. The summed E-state index contributed by atoms with van der Waals surface area (Å²) >= 11 is 0. The van der Waals surface area contributed by atoms with Crippen LogP contribution in [0.2, 0.25) is 0 Å². The molecule has 5 heteroatoms. The van der Waals surface area contributed by atoms with Crippen molar-refractivity contribution < 1.29 is 4.79 Å². The highest BCUT2D eigenvalue weighted by Crippen LogP contribution is 2.26. The number of nitrogens with zero attached hydrogens (tertiary/aromatic N) is 3. The van der Waals surface area contributed by atoms with E-state index in [0.29, 0.717) is 23.9 Å². The van der Waals surface area contributed by atoms with Gasteiger partial charge in [-0.25, -0.2) is 4.98 Å². The zero-order chi connectivity index (χ0) is 17.9. The van der Waals surface area contributed by atoms with Gasteiger partial charge in [0.25, 0.3) is 5.91 Å². The van der Waals surface area contributed by atoms with Crippen molar-refractivity contribution in [2.24, 2.45) is 11.8 Å². The normalized spacial score (nSPS) is 22.2. The standard InChI is InChI=1S/C19H32N4O/c1-14-9-15(2)12-23(11-14)19(3,4)13-21-18(24)16-7-8-20-17(10-16)22(5)6/h7-8,10,14-15H,9,11-13H2,1-6H3,(H,21,24). The predicted molar refractivity (Wildman–Crippen MR) is 99.5 cm³/mol. The molecule has 24 heavy (non-hydrogen) atoms. The van der Waals surface area contributed by atoms with Crippen molar-refractivity contribution in [3.63, 3.8) is 0 Å². The molecule has 1 aromatic heterocycles. The van der Waals surface area contributed by atoms with E-state index in [-0.39, 0.29) is 11.4 Å². The number of amides is 1. The highest BCUT2D eigenvalue weighted by atomic mass is 16.1. The zero-order valence-corrected chi connectivity index (χ0v) is 16.0. The first-order chi connectivity index (χ1) is 11.2. The molecule has 1 aliphatic rings. The van der Waals surface area contributed by atoms with Crippen molar-refractivity contribution in [2.75, 3.05) is 38.6 Å². The van der Waals surface area contributed by atoms with Gasteiger partial charge in [0.1, 0.15) is 5.82 Å². The van der Waals surface area contributed by atoms with Crippen LogP contribution in [0.5, 0.6) is 0 Å². The Bertz CT molecular complexity index is 560. The summed E-state index contributed by atoms with van der Waals surface area (Å²) in [5, 5.41) is 3.11. The Morgan fingerprint density at radius 2 is 1.96 bits per heavy atom. The molecule has 1 saturated heterocycles. The lowest BCUT2D eigenvalue weighted by Gasteiger charge is -2.45. The van der Waals surface area contributed by atoms with Crippen LogP contribution in [0.3, 0.4) is 0 Å². The van der Waals surface area contributed by atoms with Crippen molar-refractivity contribution in [3.05, 3.63) is 23.9 Å². The number of aromatic nitrogens is 1. The van der Waals surface area contributed by atoms with Gasteiger partial charge in [-0.3, -0.25) is 9.69 Å². The molecule has 2 heterocycles. The van der Waals surface area contributed by atoms with Crippen LogP contribution >= 0.6 is 0 Å². The summed E-state index contributed by atoms with van der Waals surface area (Å²) < 4.78 is 0. The van der Waals surface area contributed by atoms with Gasteiger partial charge in [-0.15, -0.1) is 0 Å². The van der Waals surface area contributed by atoms with E-state index < -0.39 is 0 Å². The Morgan fingerprint density at radius 1 is 1.33 bits per heavy atom. The molecule has 1 amide bonds. The molecule has 2 atom stereocenters. The smallest absolute Gasteiger partial charge is 0.251 e. The lowest BCUT2D eigenvalue weighted by Crippen LogP contribution is -2.56. The van der Waals surface area contributed by atoms with E-state index in [1.807, 2.05) is 25.1 Å². The van der Waals surface area contributed by atoms with Gasteiger partial charge >= 0.3 is 0 Å². The number of rotatable bonds is 5. The molecule has 1 fully saturated rings. The van der Waals surface area contributed by atoms with E-state index in [1.54, 1.807) is 12.3 Å². The largest absolute Gasteiger partial charge is 0.363 e. The first kappa shape index (κ1) is 18.7. The minimum Gasteiger partial charge on any atom is -0.363 e. The van der Waals surface area contributed by atoms with E-state index in [9.17, 15) is 4.79 Å². The number of likely N-dealkylation sites (tertiary alicyclic amines) is 1. The molecule has 0 spiro atoms. The maximum atomic E-state index is 12.5. The molecule has 2 rings (SSSR count). The molecule has 0 aliphatic carbocycles. The Labute approximate surface area is 146 Å². The van der Waals surface area contributed by atoms with Crippen molar-refractivity contribution >= 4 is 11.7 Å². The maximum absolute atomic E-state index is 12.5. The second-order valence-electron chi connectivity index (χ2n) is 8.14. The third-order valence-corrected chi connectivity index (χ3v) is 4.87. The second-order valence-corrected chi connectivity index (χ2v) is 8.14. The Kier molecular flexibility index (Phi) is 5.86. The minimum absolute atomic E-state index is 0.0355. The molecule has 0 aromatic carbocycles. The van der Waals surface area contributed by atoms with Crippen LogP contribution in [-0.2, 0) is 0 Å².